The van der Waals surface area contributed by atoms with E-state index in [1.165, 1.54) is 5.56 Å². The molecule has 0 spiro atoms. The van der Waals surface area contributed by atoms with Crippen molar-refractivity contribution in [2.75, 3.05) is 25.1 Å². The Labute approximate surface area is 141 Å². The Morgan fingerprint density at radius 2 is 2.04 bits per heavy atom. The Morgan fingerprint density at radius 1 is 1.33 bits per heavy atom. The van der Waals surface area contributed by atoms with Crippen LogP contribution in [0.25, 0.3) is 0 Å². The van der Waals surface area contributed by atoms with Crippen LogP contribution in [0.1, 0.15) is 30.0 Å². The summed E-state index contributed by atoms with van der Waals surface area (Å²) in [5, 5.41) is 15.6. The molecule has 1 aliphatic rings. The van der Waals surface area contributed by atoms with Crippen LogP contribution in [0.4, 0.5) is 11.5 Å². The van der Waals surface area contributed by atoms with Crippen molar-refractivity contribution in [2.45, 2.75) is 25.7 Å². The van der Waals surface area contributed by atoms with Gasteiger partial charge in [0.15, 0.2) is 0 Å². The zero-order valence-electron chi connectivity index (χ0n) is 14.2. The van der Waals surface area contributed by atoms with Crippen molar-refractivity contribution in [3.8, 4) is 5.75 Å². The number of nitro groups is 1. The summed E-state index contributed by atoms with van der Waals surface area (Å²) in [5.74, 6) is 1.93. The predicted molar refractivity (Wildman–Crippen MR) is 91.8 cm³/mol. The van der Waals surface area contributed by atoms with E-state index in [1.807, 2.05) is 12.1 Å². The second-order valence-electron chi connectivity index (χ2n) is 6.18. The number of hydrogen-bond donors (Lipinski definition) is 0. The average molecular weight is 330 g/mol. The van der Waals surface area contributed by atoms with Crippen LogP contribution >= 0.6 is 0 Å². The summed E-state index contributed by atoms with van der Waals surface area (Å²) in [7, 11) is 3.44. The minimum absolute atomic E-state index is 0.123. The Hall–Kier alpha value is -2.57. The molecule has 1 aliphatic heterocycles. The number of ether oxygens (including phenoxy) is 1. The molecule has 7 nitrogen and oxygen atoms in total. The van der Waals surface area contributed by atoms with Gasteiger partial charge in [-0.15, -0.1) is 0 Å². The molecule has 0 aliphatic carbocycles. The van der Waals surface area contributed by atoms with Gasteiger partial charge in [-0.1, -0.05) is 12.1 Å². The third-order valence-corrected chi connectivity index (χ3v) is 4.70. The fourth-order valence-electron chi connectivity index (χ4n) is 3.52. The molecule has 1 aromatic heterocycles. The molecule has 2 heterocycles. The number of hydrogen-bond acceptors (Lipinski definition) is 5. The zero-order valence-corrected chi connectivity index (χ0v) is 14.2. The third-order valence-electron chi connectivity index (χ3n) is 4.70. The highest BCUT2D eigenvalue weighted by Gasteiger charge is 2.31. The van der Waals surface area contributed by atoms with Crippen molar-refractivity contribution in [3.63, 3.8) is 0 Å². The lowest BCUT2D eigenvalue weighted by Gasteiger charge is -2.33. The molecular weight excluding hydrogens is 308 g/mol. The van der Waals surface area contributed by atoms with Gasteiger partial charge in [-0.25, -0.2) is 4.68 Å². The molecule has 0 saturated carbocycles. The smallest absolute Gasteiger partial charge is 0.333 e. The van der Waals surface area contributed by atoms with E-state index in [-0.39, 0.29) is 10.6 Å². The fourth-order valence-corrected chi connectivity index (χ4v) is 3.52. The lowest BCUT2D eigenvalue weighted by molar-refractivity contribution is -0.384. The lowest BCUT2D eigenvalue weighted by Crippen LogP contribution is -2.34. The highest BCUT2D eigenvalue weighted by Crippen LogP contribution is 2.36. The second-order valence-corrected chi connectivity index (χ2v) is 6.18. The molecule has 0 bridgehead atoms. The van der Waals surface area contributed by atoms with Crippen molar-refractivity contribution >= 4 is 11.5 Å². The standard InChI is InChI=1S/C17H22N4O3/c1-12-16(21(22)23)17(19(2)18-12)20-9-7-13(8-10-20)14-5-4-6-15(11-14)24-3/h4-6,11,13H,7-10H2,1-3H3. The molecule has 1 aromatic carbocycles. The topological polar surface area (TPSA) is 73.4 Å². The molecule has 2 aromatic rings. The van der Waals surface area contributed by atoms with Gasteiger partial charge in [0.2, 0.25) is 5.82 Å². The van der Waals surface area contributed by atoms with Gasteiger partial charge >= 0.3 is 5.69 Å². The highest BCUT2D eigenvalue weighted by molar-refractivity contribution is 5.61. The Bertz CT molecular complexity index is 748. The number of methoxy groups -OCH3 is 1. The molecule has 0 N–H and O–H groups in total. The van der Waals surface area contributed by atoms with Gasteiger partial charge < -0.3 is 9.64 Å². The minimum Gasteiger partial charge on any atom is -0.497 e. The van der Waals surface area contributed by atoms with E-state index in [0.717, 1.165) is 31.7 Å². The Morgan fingerprint density at radius 3 is 2.67 bits per heavy atom. The van der Waals surface area contributed by atoms with Crippen LogP contribution in [0.15, 0.2) is 24.3 Å². The second kappa shape index (κ2) is 6.51. The first kappa shape index (κ1) is 16.3. The van der Waals surface area contributed by atoms with E-state index in [1.54, 1.807) is 25.8 Å². The molecule has 0 unspecified atom stereocenters. The van der Waals surface area contributed by atoms with Crippen molar-refractivity contribution in [1.82, 2.24) is 9.78 Å². The first-order valence-corrected chi connectivity index (χ1v) is 8.08. The molecule has 0 radical (unpaired) electrons. The number of aryl methyl sites for hydroxylation is 2. The van der Waals surface area contributed by atoms with Gasteiger partial charge in [-0.2, -0.15) is 5.10 Å². The number of benzene rings is 1. The molecule has 0 amide bonds. The number of rotatable bonds is 4. The molecule has 3 rings (SSSR count). The molecule has 7 heteroatoms. The summed E-state index contributed by atoms with van der Waals surface area (Å²) in [6, 6.07) is 8.16. The zero-order chi connectivity index (χ0) is 17.3. The summed E-state index contributed by atoms with van der Waals surface area (Å²) >= 11 is 0. The maximum atomic E-state index is 11.4. The SMILES string of the molecule is COc1cccc(C2CCN(c3c([N+](=O)[O-])c(C)nn3C)CC2)c1. The van der Waals surface area contributed by atoms with Crippen molar-refractivity contribution < 1.29 is 9.66 Å². The van der Waals surface area contributed by atoms with E-state index in [4.69, 9.17) is 4.74 Å². The predicted octanol–water partition coefficient (Wildman–Crippen LogP) is 3.03. The summed E-state index contributed by atoms with van der Waals surface area (Å²) < 4.78 is 6.92. The third kappa shape index (κ3) is 2.93. The molecule has 1 fully saturated rings. The number of aromatic nitrogens is 2. The molecule has 24 heavy (non-hydrogen) atoms. The molecule has 1 saturated heterocycles. The Balaban J connectivity index is 1.77. The monoisotopic (exact) mass is 330 g/mol. The van der Waals surface area contributed by atoms with Crippen molar-refractivity contribution in [3.05, 3.63) is 45.6 Å². The van der Waals surface area contributed by atoms with E-state index in [2.05, 4.69) is 22.1 Å². The van der Waals surface area contributed by atoms with E-state index < -0.39 is 0 Å². The van der Waals surface area contributed by atoms with Crippen LogP contribution in [0.2, 0.25) is 0 Å². The van der Waals surface area contributed by atoms with Crippen LogP contribution in [0, 0.1) is 17.0 Å². The van der Waals surface area contributed by atoms with Gasteiger partial charge in [0, 0.05) is 20.1 Å². The van der Waals surface area contributed by atoms with Gasteiger partial charge in [-0.05, 0) is 43.4 Å². The van der Waals surface area contributed by atoms with Crippen molar-refractivity contribution in [2.24, 2.45) is 7.05 Å². The van der Waals surface area contributed by atoms with Gasteiger partial charge in [0.05, 0.1) is 12.0 Å². The van der Waals surface area contributed by atoms with Gasteiger partial charge in [0.25, 0.3) is 0 Å². The van der Waals surface area contributed by atoms with Gasteiger partial charge in [-0.3, -0.25) is 10.1 Å². The highest BCUT2D eigenvalue weighted by atomic mass is 16.6. The van der Waals surface area contributed by atoms with E-state index in [9.17, 15) is 10.1 Å². The largest absolute Gasteiger partial charge is 0.497 e. The minimum atomic E-state index is -0.328. The molecule has 128 valence electrons. The maximum Gasteiger partial charge on any atom is 0.333 e. The fraction of sp³-hybridized carbons (Fsp3) is 0.471. The first-order valence-electron chi connectivity index (χ1n) is 8.08. The van der Waals surface area contributed by atoms with Crippen LogP contribution in [0.3, 0.4) is 0 Å². The first-order chi connectivity index (χ1) is 11.5. The van der Waals surface area contributed by atoms with E-state index in [0.29, 0.717) is 17.4 Å². The van der Waals surface area contributed by atoms with Crippen LogP contribution in [-0.4, -0.2) is 34.9 Å². The van der Waals surface area contributed by atoms with Crippen LogP contribution in [0.5, 0.6) is 5.75 Å². The van der Waals surface area contributed by atoms with Crippen LogP contribution < -0.4 is 9.64 Å². The average Bonchev–Trinajstić information content (AvgIpc) is 2.89. The number of nitrogens with zero attached hydrogens (tertiary/aromatic N) is 4. The number of piperidine rings is 1. The van der Waals surface area contributed by atoms with E-state index >= 15 is 0 Å². The summed E-state index contributed by atoms with van der Waals surface area (Å²) in [6.45, 7) is 3.24. The van der Waals surface area contributed by atoms with Gasteiger partial charge in [0.1, 0.15) is 11.4 Å². The maximum absolute atomic E-state index is 11.4. The lowest BCUT2D eigenvalue weighted by atomic mass is 9.89. The summed E-state index contributed by atoms with van der Waals surface area (Å²) in [4.78, 5) is 13.1. The molecule has 0 atom stereocenters. The normalized spacial score (nSPS) is 15.5. The molecular formula is C17H22N4O3. The summed E-state index contributed by atoms with van der Waals surface area (Å²) in [6.07, 6.45) is 1.91. The quantitative estimate of drug-likeness (QED) is 0.636. The Kier molecular flexibility index (Phi) is 4.42. The van der Waals surface area contributed by atoms with Crippen molar-refractivity contribution in [1.29, 1.82) is 0 Å². The van der Waals surface area contributed by atoms with Crippen LogP contribution in [-0.2, 0) is 7.05 Å². The summed E-state index contributed by atoms with van der Waals surface area (Å²) in [5.41, 5.74) is 1.86. The number of anilines is 1.